The molecule has 0 saturated heterocycles. The van der Waals surface area contributed by atoms with Crippen LogP contribution in [0.3, 0.4) is 0 Å². The second-order valence-corrected chi connectivity index (χ2v) is 4.35. The number of halogens is 1. The second-order valence-electron chi connectivity index (χ2n) is 3.50. The van der Waals surface area contributed by atoms with E-state index < -0.39 is 12.1 Å². The van der Waals surface area contributed by atoms with E-state index in [1.807, 2.05) is 0 Å². The van der Waals surface area contributed by atoms with Gasteiger partial charge in [-0.3, -0.25) is 4.90 Å². The molecule has 1 aromatic rings. The number of ether oxygens (including phenoxy) is 2. The van der Waals surface area contributed by atoms with Crippen LogP contribution in [0.1, 0.15) is 17.3 Å². The van der Waals surface area contributed by atoms with Crippen molar-refractivity contribution in [1.82, 2.24) is 0 Å². The SMILES string of the molecule is CCN(C(=O)OC)c1c(C(=O)O)ccc(Br)c1OC. The van der Waals surface area contributed by atoms with Gasteiger partial charge in [0.2, 0.25) is 0 Å². The highest BCUT2D eigenvalue weighted by Crippen LogP contribution is 2.39. The van der Waals surface area contributed by atoms with Gasteiger partial charge >= 0.3 is 12.1 Å². The van der Waals surface area contributed by atoms with E-state index in [1.165, 1.54) is 25.2 Å². The number of carbonyl (C=O) groups is 2. The van der Waals surface area contributed by atoms with Crippen LogP contribution in [0.5, 0.6) is 5.75 Å². The molecule has 0 heterocycles. The van der Waals surface area contributed by atoms with E-state index >= 15 is 0 Å². The highest BCUT2D eigenvalue weighted by Gasteiger charge is 2.26. The molecule has 0 fully saturated rings. The zero-order valence-corrected chi connectivity index (χ0v) is 12.4. The van der Waals surface area contributed by atoms with Crippen molar-refractivity contribution in [1.29, 1.82) is 0 Å². The molecule has 19 heavy (non-hydrogen) atoms. The molecule has 7 heteroatoms. The highest BCUT2D eigenvalue weighted by atomic mass is 79.9. The zero-order valence-electron chi connectivity index (χ0n) is 10.8. The van der Waals surface area contributed by atoms with Crippen LogP contribution in [0, 0.1) is 0 Å². The maximum atomic E-state index is 11.7. The molecular formula is C12H14BrNO5. The smallest absolute Gasteiger partial charge is 0.414 e. The Bertz CT molecular complexity index is 503. The van der Waals surface area contributed by atoms with E-state index in [-0.39, 0.29) is 23.5 Å². The number of amides is 1. The summed E-state index contributed by atoms with van der Waals surface area (Å²) in [7, 11) is 2.64. The molecule has 0 aliphatic heterocycles. The Labute approximate surface area is 119 Å². The van der Waals surface area contributed by atoms with Crippen LogP contribution in [-0.2, 0) is 4.74 Å². The van der Waals surface area contributed by atoms with Gasteiger partial charge in [-0.25, -0.2) is 9.59 Å². The minimum Gasteiger partial charge on any atom is -0.493 e. The average Bonchev–Trinajstić information content (AvgIpc) is 2.39. The van der Waals surface area contributed by atoms with Crippen LogP contribution in [0.15, 0.2) is 16.6 Å². The Morgan fingerprint density at radius 2 is 2.00 bits per heavy atom. The summed E-state index contributed by atoms with van der Waals surface area (Å²) in [5, 5.41) is 9.23. The lowest BCUT2D eigenvalue weighted by Crippen LogP contribution is -2.32. The summed E-state index contributed by atoms with van der Waals surface area (Å²) in [5.41, 5.74) is 0.131. The highest BCUT2D eigenvalue weighted by molar-refractivity contribution is 9.10. The number of carboxylic acids is 1. The first-order valence-corrected chi connectivity index (χ1v) is 6.22. The summed E-state index contributed by atoms with van der Waals surface area (Å²) in [6.07, 6.45) is -0.651. The van der Waals surface area contributed by atoms with Crippen molar-refractivity contribution in [3.8, 4) is 5.75 Å². The maximum Gasteiger partial charge on any atom is 0.414 e. The normalized spacial score (nSPS) is 9.89. The van der Waals surface area contributed by atoms with Gasteiger partial charge in [-0.05, 0) is 35.0 Å². The van der Waals surface area contributed by atoms with E-state index in [2.05, 4.69) is 20.7 Å². The van der Waals surface area contributed by atoms with Crippen molar-refractivity contribution in [3.05, 3.63) is 22.2 Å². The van der Waals surface area contributed by atoms with Crippen molar-refractivity contribution in [3.63, 3.8) is 0 Å². The standard InChI is InChI=1S/C12H14BrNO5/c1-4-14(12(17)19-3)9-7(11(15)16)5-6-8(13)10(9)18-2/h5-6H,4H2,1-3H3,(H,15,16). The van der Waals surface area contributed by atoms with Gasteiger partial charge in [-0.2, -0.15) is 0 Å². The second kappa shape index (κ2) is 6.42. The molecular weight excluding hydrogens is 318 g/mol. The molecule has 0 aliphatic rings. The fourth-order valence-corrected chi connectivity index (χ4v) is 2.15. The van der Waals surface area contributed by atoms with Crippen molar-refractivity contribution in [2.24, 2.45) is 0 Å². The van der Waals surface area contributed by atoms with Gasteiger partial charge < -0.3 is 14.6 Å². The first-order chi connectivity index (χ1) is 8.97. The Balaban J connectivity index is 3.55. The summed E-state index contributed by atoms with van der Waals surface area (Å²) in [6, 6.07) is 2.95. The Kier molecular flexibility index (Phi) is 5.17. The van der Waals surface area contributed by atoms with Crippen molar-refractivity contribution < 1.29 is 24.2 Å². The minimum atomic E-state index is -1.15. The number of hydrogen-bond acceptors (Lipinski definition) is 4. The van der Waals surface area contributed by atoms with E-state index in [0.29, 0.717) is 4.47 Å². The van der Waals surface area contributed by atoms with Crippen molar-refractivity contribution in [2.75, 3.05) is 25.7 Å². The molecule has 0 spiro atoms. The first kappa shape index (κ1) is 15.3. The molecule has 1 rings (SSSR count). The fourth-order valence-electron chi connectivity index (χ4n) is 1.67. The zero-order chi connectivity index (χ0) is 14.6. The molecule has 0 bridgehead atoms. The molecule has 6 nitrogen and oxygen atoms in total. The van der Waals surface area contributed by atoms with Crippen LogP contribution in [-0.4, -0.2) is 37.9 Å². The molecule has 0 aromatic heterocycles. The Hall–Kier alpha value is -1.76. The van der Waals surface area contributed by atoms with Gasteiger partial charge in [0, 0.05) is 6.54 Å². The van der Waals surface area contributed by atoms with Crippen LogP contribution in [0.4, 0.5) is 10.5 Å². The molecule has 104 valence electrons. The third-order valence-corrected chi connectivity index (χ3v) is 3.12. The van der Waals surface area contributed by atoms with Gasteiger partial charge in [0.15, 0.2) is 5.75 Å². The van der Waals surface area contributed by atoms with Gasteiger partial charge in [0.25, 0.3) is 0 Å². The molecule has 1 N–H and O–H groups in total. The van der Waals surface area contributed by atoms with Gasteiger partial charge in [0.05, 0.1) is 24.3 Å². The number of carbonyl (C=O) groups excluding carboxylic acids is 1. The number of benzene rings is 1. The van der Waals surface area contributed by atoms with E-state index in [1.54, 1.807) is 13.0 Å². The van der Waals surface area contributed by atoms with Gasteiger partial charge in [-0.1, -0.05) is 0 Å². The molecule has 0 unspecified atom stereocenters. The number of nitrogens with zero attached hydrogens (tertiary/aromatic N) is 1. The molecule has 0 radical (unpaired) electrons. The molecule has 0 aliphatic carbocycles. The summed E-state index contributed by atoms with van der Waals surface area (Å²) in [5.74, 6) is -0.879. The fraction of sp³-hybridized carbons (Fsp3) is 0.333. The van der Waals surface area contributed by atoms with Crippen LogP contribution in [0.2, 0.25) is 0 Å². The predicted molar refractivity (Wildman–Crippen MR) is 73.1 cm³/mol. The topological polar surface area (TPSA) is 76.1 Å². The predicted octanol–water partition coefficient (Wildman–Crippen LogP) is 2.75. The maximum absolute atomic E-state index is 11.7. The lowest BCUT2D eigenvalue weighted by Gasteiger charge is -2.24. The minimum absolute atomic E-state index is 0.0349. The summed E-state index contributed by atoms with van der Waals surface area (Å²) >= 11 is 3.26. The largest absolute Gasteiger partial charge is 0.493 e. The number of hydrogen-bond donors (Lipinski definition) is 1. The van der Waals surface area contributed by atoms with E-state index in [4.69, 9.17) is 4.74 Å². The van der Waals surface area contributed by atoms with Crippen molar-refractivity contribution >= 4 is 33.7 Å². The number of anilines is 1. The molecule has 1 aromatic carbocycles. The van der Waals surface area contributed by atoms with Crippen LogP contribution < -0.4 is 9.64 Å². The summed E-state index contributed by atoms with van der Waals surface area (Å²) < 4.78 is 10.4. The monoisotopic (exact) mass is 331 g/mol. The number of rotatable bonds is 4. The summed E-state index contributed by atoms with van der Waals surface area (Å²) in [4.78, 5) is 24.2. The Morgan fingerprint density at radius 1 is 1.37 bits per heavy atom. The van der Waals surface area contributed by atoms with Gasteiger partial charge in [0.1, 0.15) is 5.69 Å². The van der Waals surface area contributed by atoms with Crippen molar-refractivity contribution in [2.45, 2.75) is 6.92 Å². The van der Waals surface area contributed by atoms with Gasteiger partial charge in [-0.15, -0.1) is 0 Å². The molecule has 0 atom stereocenters. The Morgan fingerprint density at radius 3 is 2.42 bits per heavy atom. The summed E-state index contributed by atoms with van der Waals surface area (Å²) in [6.45, 7) is 1.96. The number of carboxylic acid groups (broad SMARTS) is 1. The van der Waals surface area contributed by atoms with Crippen LogP contribution >= 0.6 is 15.9 Å². The number of methoxy groups -OCH3 is 2. The molecule has 0 saturated carbocycles. The quantitative estimate of drug-likeness (QED) is 0.917. The average molecular weight is 332 g/mol. The van der Waals surface area contributed by atoms with E-state index in [9.17, 15) is 14.7 Å². The van der Waals surface area contributed by atoms with Crippen LogP contribution in [0.25, 0.3) is 0 Å². The lowest BCUT2D eigenvalue weighted by molar-refractivity contribution is 0.0697. The lowest BCUT2D eigenvalue weighted by atomic mass is 10.1. The first-order valence-electron chi connectivity index (χ1n) is 5.43. The third kappa shape index (κ3) is 2.98. The third-order valence-electron chi connectivity index (χ3n) is 2.50. The molecule has 1 amide bonds. The van der Waals surface area contributed by atoms with E-state index in [0.717, 1.165) is 0 Å². The number of aromatic carboxylic acids is 1.